The topological polar surface area (TPSA) is 158 Å². The maximum absolute atomic E-state index is 14.9. The van der Waals surface area contributed by atoms with Crippen LogP contribution in [-0.4, -0.2) is 77.7 Å². The Morgan fingerprint density at radius 3 is 2.56 bits per heavy atom. The second kappa shape index (κ2) is 11.5. The fourth-order valence-corrected chi connectivity index (χ4v) is 6.18. The summed E-state index contributed by atoms with van der Waals surface area (Å²) in [5.41, 5.74) is -0.403. The summed E-state index contributed by atoms with van der Waals surface area (Å²) in [7, 11) is -4.21. The molecule has 0 bridgehead atoms. The van der Waals surface area contributed by atoms with Crippen molar-refractivity contribution >= 4 is 32.7 Å². The zero-order chi connectivity index (χ0) is 30.1. The molecule has 2 saturated heterocycles. The first kappa shape index (κ1) is 28.4. The molecule has 43 heavy (non-hydrogen) atoms. The van der Waals surface area contributed by atoms with Crippen LogP contribution in [0, 0.1) is 17.1 Å². The molecule has 6 rings (SSSR count). The number of aromatic nitrogens is 4. The predicted octanol–water partition coefficient (Wildman–Crippen LogP) is 2.09. The summed E-state index contributed by atoms with van der Waals surface area (Å²) in [6.45, 7) is 2.82. The lowest BCUT2D eigenvalue weighted by Gasteiger charge is -2.27. The van der Waals surface area contributed by atoms with E-state index in [1.165, 1.54) is 41.5 Å². The molecule has 2 aromatic carbocycles. The van der Waals surface area contributed by atoms with Gasteiger partial charge in [0.05, 0.1) is 34.7 Å². The Balaban J connectivity index is 1.30. The van der Waals surface area contributed by atoms with E-state index in [-0.39, 0.29) is 36.3 Å². The summed E-state index contributed by atoms with van der Waals surface area (Å²) < 4.78 is 64.1. The van der Waals surface area contributed by atoms with Crippen molar-refractivity contribution in [2.75, 3.05) is 48.9 Å². The monoisotopic (exact) mass is 609 g/mol. The number of hydrogen-bond acceptors (Lipinski definition) is 10. The highest BCUT2D eigenvalue weighted by Crippen LogP contribution is 2.34. The van der Waals surface area contributed by atoms with Crippen LogP contribution >= 0.6 is 0 Å². The Kier molecular flexibility index (Phi) is 7.61. The van der Waals surface area contributed by atoms with Crippen LogP contribution in [0.5, 0.6) is 11.5 Å². The van der Waals surface area contributed by atoms with Gasteiger partial charge in [0.2, 0.25) is 5.95 Å². The molecular weight excluding hydrogens is 584 g/mol. The van der Waals surface area contributed by atoms with Crippen molar-refractivity contribution in [1.82, 2.24) is 29.1 Å². The van der Waals surface area contributed by atoms with Crippen LogP contribution in [0.3, 0.4) is 0 Å². The van der Waals surface area contributed by atoms with Gasteiger partial charge >= 0.3 is 10.2 Å². The molecule has 16 heteroatoms. The van der Waals surface area contributed by atoms with E-state index in [2.05, 4.69) is 25.0 Å². The molecule has 2 aliphatic rings. The molecule has 1 unspecified atom stereocenters. The number of benzene rings is 2. The molecule has 13 nitrogen and oxygen atoms in total. The number of nitrogens with one attached hydrogen (secondary N) is 2. The zero-order valence-electron chi connectivity index (χ0n) is 22.6. The summed E-state index contributed by atoms with van der Waals surface area (Å²) in [4.78, 5) is 28.6. The largest absolute Gasteiger partial charge is 0.453 e. The average molecular weight is 610 g/mol. The van der Waals surface area contributed by atoms with Crippen LogP contribution in [0.4, 0.5) is 20.4 Å². The van der Waals surface area contributed by atoms with Crippen LogP contribution in [0.1, 0.15) is 12.0 Å². The van der Waals surface area contributed by atoms with E-state index in [4.69, 9.17) is 4.74 Å². The lowest BCUT2D eigenvalue weighted by Crippen LogP contribution is -2.44. The maximum Gasteiger partial charge on any atom is 0.301 e. The smallest absolute Gasteiger partial charge is 0.301 e. The van der Waals surface area contributed by atoms with Gasteiger partial charge in [-0.2, -0.15) is 18.0 Å². The quantitative estimate of drug-likeness (QED) is 0.318. The molecule has 0 aliphatic carbocycles. The van der Waals surface area contributed by atoms with Gasteiger partial charge in [0.25, 0.3) is 5.56 Å². The minimum absolute atomic E-state index is 0.00433. The fourth-order valence-electron chi connectivity index (χ4n) is 4.90. The molecule has 0 radical (unpaired) electrons. The van der Waals surface area contributed by atoms with Gasteiger partial charge in [0.15, 0.2) is 11.6 Å². The van der Waals surface area contributed by atoms with Gasteiger partial charge in [-0.05, 0) is 36.8 Å². The SMILES string of the molecule is N#Cc1c(NS(=O)(=O)N2CCC(F)C2)ccc(F)c1Oc1ccc2ncn(-c3cnc(N4CCNCC4)nc3)c(=O)c2c1. The molecule has 2 fully saturated rings. The summed E-state index contributed by atoms with van der Waals surface area (Å²) >= 11 is 0. The number of piperazine rings is 1. The molecule has 0 amide bonds. The van der Waals surface area contributed by atoms with E-state index in [9.17, 15) is 27.3 Å². The summed E-state index contributed by atoms with van der Waals surface area (Å²) in [5, 5.41) is 13.2. The van der Waals surface area contributed by atoms with Crippen molar-refractivity contribution in [2.45, 2.75) is 12.6 Å². The van der Waals surface area contributed by atoms with E-state index in [1.54, 1.807) is 6.07 Å². The highest BCUT2D eigenvalue weighted by molar-refractivity contribution is 7.90. The van der Waals surface area contributed by atoms with E-state index < -0.39 is 39.1 Å². The zero-order valence-corrected chi connectivity index (χ0v) is 23.4. The van der Waals surface area contributed by atoms with E-state index in [0.717, 1.165) is 42.6 Å². The molecule has 2 aromatic heterocycles. The lowest BCUT2D eigenvalue weighted by atomic mass is 10.1. The Morgan fingerprint density at radius 1 is 1.09 bits per heavy atom. The van der Waals surface area contributed by atoms with Gasteiger partial charge in [-0.25, -0.2) is 23.7 Å². The fraction of sp³-hybridized carbons (Fsp3) is 0.296. The van der Waals surface area contributed by atoms with E-state index in [1.807, 2.05) is 4.90 Å². The number of nitriles is 1. The average Bonchev–Trinajstić information content (AvgIpc) is 3.47. The third-order valence-electron chi connectivity index (χ3n) is 7.15. The lowest BCUT2D eigenvalue weighted by molar-refractivity contribution is 0.343. The van der Waals surface area contributed by atoms with Gasteiger partial charge in [0.1, 0.15) is 29.9 Å². The highest BCUT2D eigenvalue weighted by Gasteiger charge is 2.32. The Morgan fingerprint density at radius 2 is 1.86 bits per heavy atom. The molecule has 0 spiro atoms. The Bertz CT molecular complexity index is 1890. The number of halogens is 2. The van der Waals surface area contributed by atoms with Gasteiger partial charge in [-0.3, -0.25) is 14.1 Å². The predicted molar refractivity (Wildman–Crippen MR) is 153 cm³/mol. The molecule has 2 aliphatic heterocycles. The normalized spacial score (nSPS) is 17.6. The Hall–Kier alpha value is -4.72. The van der Waals surface area contributed by atoms with Crippen molar-refractivity contribution in [3.8, 4) is 23.3 Å². The molecular formula is C27H25F2N9O4S. The van der Waals surface area contributed by atoms with Crippen LogP contribution < -0.4 is 25.2 Å². The number of fused-ring (bicyclic) bond motifs is 1. The van der Waals surface area contributed by atoms with Gasteiger partial charge < -0.3 is 15.0 Å². The van der Waals surface area contributed by atoms with Crippen molar-refractivity contribution in [2.24, 2.45) is 0 Å². The summed E-state index contributed by atoms with van der Waals surface area (Å²) in [6.07, 6.45) is 3.16. The van der Waals surface area contributed by atoms with Crippen molar-refractivity contribution in [3.05, 3.63) is 70.8 Å². The van der Waals surface area contributed by atoms with Gasteiger partial charge in [-0.15, -0.1) is 0 Å². The first-order chi connectivity index (χ1) is 20.7. The van der Waals surface area contributed by atoms with Crippen molar-refractivity contribution < 1.29 is 21.9 Å². The van der Waals surface area contributed by atoms with E-state index >= 15 is 0 Å². The number of nitrogens with zero attached hydrogens (tertiary/aromatic N) is 7. The third kappa shape index (κ3) is 5.69. The maximum atomic E-state index is 14.9. The van der Waals surface area contributed by atoms with E-state index in [0.29, 0.717) is 17.2 Å². The van der Waals surface area contributed by atoms with Crippen molar-refractivity contribution in [3.63, 3.8) is 0 Å². The molecule has 222 valence electrons. The van der Waals surface area contributed by atoms with Crippen LogP contribution in [0.2, 0.25) is 0 Å². The van der Waals surface area contributed by atoms with Crippen molar-refractivity contribution in [1.29, 1.82) is 5.26 Å². The molecule has 4 aromatic rings. The summed E-state index contributed by atoms with van der Waals surface area (Å²) in [5.74, 6) is -0.929. The van der Waals surface area contributed by atoms with Crippen LogP contribution in [0.25, 0.3) is 16.6 Å². The summed E-state index contributed by atoms with van der Waals surface area (Å²) in [6, 6.07) is 8.08. The number of alkyl halides is 1. The second-order valence-corrected chi connectivity index (χ2v) is 11.6. The van der Waals surface area contributed by atoms with Crippen LogP contribution in [-0.2, 0) is 10.2 Å². The minimum Gasteiger partial charge on any atom is -0.453 e. The Labute approximate surface area is 244 Å². The van der Waals surface area contributed by atoms with Crippen LogP contribution in [0.15, 0.2) is 53.8 Å². The molecule has 1 atom stereocenters. The van der Waals surface area contributed by atoms with Gasteiger partial charge in [-0.1, -0.05) is 0 Å². The second-order valence-electron chi connectivity index (χ2n) is 9.94. The molecule has 2 N–H and O–H groups in total. The molecule has 4 heterocycles. The highest BCUT2D eigenvalue weighted by atomic mass is 32.2. The molecule has 0 saturated carbocycles. The minimum atomic E-state index is -4.21. The first-order valence-electron chi connectivity index (χ1n) is 13.4. The third-order valence-corrected chi connectivity index (χ3v) is 8.64. The first-order valence-corrected chi connectivity index (χ1v) is 14.8. The number of hydrogen-bond donors (Lipinski definition) is 2. The number of rotatable bonds is 7. The number of ether oxygens (including phenoxy) is 1. The number of anilines is 2. The standard InChI is InChI=1S/C27H25F2N9O4S/c28-17-5-8-37(15-17)43(40,41)35-24-4-2-22(29)25(21(24)12-30)42-19-1-3-23-20(11-19)26(39)38(16-34-23)18-13-32-27(33-14-18)36-9-6-31-7-10-36/h1-4,11,13-14,16-17,31,35H,5-10,15H2. The van der Waals surface area contributed by atoms with Gasteiger partial charge in [0, 0.05) is 39.3 Å².